The van der Waals surface area contributed by atoms with Crippen molar-refractivity contribution in [3.63, 3.8) is 0 Å². The van der Waals surface area contributed by atoms with Gasteiger partial charge < -0.3 is 4.90 Å². The van der Waals surface area contributed by atoms with Gasteiger partial charge in [0.1, 0.15) is 16.7 Å². The third kappa shape index (κ3) is 3.50. The van der Waals surface area contributed by atoms with Crippen LogP contribution in [-0.2, 0) is 10.0 Å². The minimum absolute atomic E-state index is 0.0998. The zero-order valence-corrected chi connectivity index (χ0v) is 11.5. The van der Waals surface area contributed by atoms with Crippen LogP contribution in [0.5, 0.6) is 0 Å². The van der Waals surface area contributed by atoms with Gasteiger partial charge in [0.15, 0.2) is 0 Å². The fraction of sp³-hybridized carbons (Fsp3) is 0.455. The van der Waals surface area contributed by atoms with Crippen LogP contribution in [0.15, 0.2) is 23.2 Å². The molecule has 18 heavy (non-hydrogen) atoms. The highest BCUT2D eigenvalue weighted by molar-refractivity contribution is 7.89. The molecule has 0 N–H and O–H groups in total. The number of aromatic nitrogens is 1. The number of hydrogen-bond donors (Lipinski definition) is 0. The summed E-state index contributed by atoms with van der Waals surface area (Å²) in [5.74, 6) is 0. The number of rotatable bonds is 5. The molecule has 0 fully saturated rings. The van der Waals surface area contributed by atoms with Crippen LogP contribution >= 0.6 is 0 Å². The number of nitriles is 1. The first-order valence-corrected chi connectivity index (χ1v) is 6.79. The van der Waals surface area contributed by atoms with Gasteiger partial charge in [0.05, 0.1) is 0 Å². The first-order valence-electron chi connectivity index (χ1n) is 5.35. The van der Waals surface area contributed by atoms with E-state index in [0.717, 1.165) is 0 Å². The predicted octanol–water partition coefficient (Wildman–Crippen LogP) is 0.135. The molecule has 0 amide bonds. The number of hydrogen-bond acceptors (Lipinski definition) is 5. The second-order valence-electron chi connectivity index (χ2n) is 4.12. The lowest BCUT2D eigenvalue weighted by Gasteiger charge is -2.19. The second-order valence-corrected chi connectivity index (χ2v) is 6.17. The van der Waals surface area contributed by atoms with E-state index in [2.05, 4.69) is 4.98 Å². The highest BCUT2D eigenvalue weighted by Gasteiger charge is 2.20. The molecule has 0 radical (unpaired) electrons. The molecule has 0 aliphatic heterocycles. The molecule has 0 atom stereocenters. The molecule has 0 saturated heterocycles. The van der Waals surface area contributed by atoms with Crippen molar-refractivity contribution >= 4 is 10.0 Å². The zero-order valence-electron chi connectivity index (χ0n) is 10.7. The molecule has 0 aromatic carbocycles. The Bertz CT molecular complexity index is 531. The van der Waals surface area contributed by atoms with Gasteiger partial charge in [-0.3, -0.25) is 0 Å². The van der Waals surface area contributed by atoms with Crippen LogP contribution in [0.1, 0.15) is 5.69 Å². The van der Waals surface area contributed by atoms with E-state index >= 15 is 0 Å². The van der Waals surface area contributed by atoms with E-state index in [1.54, 1.807) is 0 Å². The van der Waals surface area contributed by atoms with E-state index in [9.17, 15) is 8.42 Å². The van der Waals surface area contributed by atoms with E-state index < -0.39 is 10.0 Å². The third-order valence-corrected chi connectivity index (χ3v) is 4.26. The van der Waals surface area contributed by atoms with Gasteiger partial charge in [-0.1, -0.05) is 0 Å². The van der Waals surface area contributed by atoms with Crippen molar-refractivity contribution in [2.45, 2.75) is 4.90 Å². The Morgan fingerprint density at radius 3 is 2.39 bits per heavy atom. The smallest absolute Gasteiger partial charge is 0.244 e. The molecule has 0 aliphatic rings. The molecule has 6 nitrogen and oxygen atoms in total. The van der Waals surface area contributed by atoms with Gasteiger partial charge in [0.2, 0.25) is 10.0 Å². The SMILES string of the molecule is CN(C)CCN(C)S(=O)(=O)c1ccc(C#N)nc1. The van der Waals surface area contributed by atoms with Gasteiger partial charge >= 0.3 is 0 Å². The first-order chi connectivity index (χ1) is 8.37. The van der Waals surface area contributed by atoms with Gasteiger partial charge in [-0.15, -0.1) is 0 Å². The maximum absolute atomic E-state index is 12.1. The lowest BCUT2D eigenvalue weighted by atomic mass is 10.4. The highest BCUT2D eigenvalue weighted by atomic mass is 32.2. The van der Waals surface area contributed by atoms with Crippen molar-refractivity contribution in [3.8, 4) is 6.07 Å². The Morgan fingerprint density at radius 1 is 1.28 bits per heavy atom. The Hall–Kier alpha value is -1.49. The van der Waals surface area contributed by atoms with Crippen molar-refractivity contribution in [1.82, 2.24) is 14.2 Å². The van der Waals surface area contributed by atoms with Gasteiger partial charge in [-0.05, 0) is 26.2 Å². The van der Waals surface area contributed by atoms with E-state index in [0.29, 0.717) is 13.1 Å². The Morgan fingerprint density at radius 2 is 1.94 bits per heavy atom. The molecule has 1 aromatic heterocycles. The summed E-state index contributed by atoms with van der Waals surface area (Å²) in [5, 5.41) is 8.61. The molecule has 98 valence electrons. The lowest BCUT2D eigenvalue weighted by Crippen LogP contribution is -2.33. The van der Waals surface area contributed by atoms with Gasteiger partial charge in [-0.2, -0.15) is 9.57 Å². The molecule has 0 bridgehead atoms. The zero-order chi connectivity index (χ0) is 13.8. The summed E-state index contributed by atoms with van der Waals surface area (Å²) in [5.41, 5.74) is 0.199. The molecule has 7 heteroatoms. The summed E-state index contributed by atoms with van der Waals surface area (Å²) in [7, 11) is 1.76. The van der Waals surface area contributed by atoms with Crippen LogP contribution in [0.4, 0.5) is 0 Å². The maximum atomic E-state index is 12.1. The summed E-state index contributed by atoms with van der Waals surface area (Å²) in [6.07, 6.45) is 1.21. The summed E-state index contributed by atoms with van der Waals surface area (Å²) in [6.45, 7) is 1.04. The average Bonchev–Trinajstić information content (AvgIpc) is 2.35. The van der Waals surface area contributed by atoms with E-state index in [4.69, 9.17) is 5.26 Å². The molecular weight excluding hydrogens is 252 g/mol. The highest BCUT2D eigenvalue weighted by Crippen LogP contribution is 2.12. The van der Waals surface area contributed by atoms with Crippen molar-refractivity contribution in [1.29, 1.82) is 5.26 Å². The predicted molar refractivity (Wildman–Crippen MR) is 67.3 cm³/mol. The third-order valence-electron chi connectivity index (χ3n) is 2.42. The first kappa shape index (κ1) is 14.6. The molecule has 1 rings (SSSR count). The number of pyridine rings is 1. The molecule has 1 heterocycles. The molecular formula is C11H16N4O2S. The van der Waals surface area contributed by atoms with Crippen LogP contribution in [0.25, 0.3) is 0 Å². The lowest BCUT2D eigenvalue weighted by molar-refractivity contribution is 0.358. The molecule has 0 aliphatic carbocycles. The van der Waals surface area contributed by atoms with Gasteiger partial charge in [0, 0.05) is 26.3 Å². The van der Waals surface area contributed by atoms with Crippen molar-refractivity contribution in [2.24, 2.45) is 0 Å². The van der Waals surface area contributed by atoms with Crippen LogP contribution < -0.4 is 0 Å². The summed E-state index contributed by atoms with van der Waals surface area (Å²) < 4.78 is 25.5. The van der Waals surface area contributed by atoms with Crippen molar-refractivity contribution < 1.29 is 8.42 Å². The quantitative estimate of drug-likeness (QED) is 0.759. The topological polar surface area (TPSA) is 77.3 Å². The molecule has 0 saturated carbocycles. The standard InChI is InChI=1S/C11H16N4O2S/c1-14(2)6-7-15(3)18(16,17)11-5-4-10(8-12)13-9-11/h4-5,9H,6-7H2,1-3H3. The monoisotopic (exact) mass is 268 g/mol. The largest absolute Gasteiger partial charge is 0.308 e. The summed E-state index contributed by atoms with van der Waals surface area (Å²) in [4.78, 5) is 5.77. The minimum atomic E-state index is -3.52. The number of sulfonamides is 1. The average molecular weight is 268 g/mol. The Labute approximate surface area is 108 Å². The molecule has 0 unspecified atom stereocenters. The fourth-order valence-electron chi connectivity index (χ4n) is 1.24. The van der Waals surface area contributed by atoms with Crippen LogP contribution in [0.3, 0.4) is 0 Å². The summed E-state index contributed by atoms with van der Waals surface area (Å²) >= 11 is 0. The Kier molecular flexibility index (Phi) is 4.78. The number of likely N-dealkylation sites (N-methyl/N-ethyl adjacent to an activating group) is 2. The molecule has 0 spiro atoms. The normalized spacial score (nSPS) is 11.8. The van der Waals surface area contributed by atoms with Crippen LogP contribution in [0, 0.1) is 11.3 Å². The summed E-state index contributed by atoms with van der Waals surface area (Å²) in [6, 6.07) is 4.64. The van der Waals surface area contributed by atoms with E-state index in [1.807, 2.05) is 25.1 Å². The van der Waals surface area contributed by atoms with E-state index in [1.165, 1.54) is 29.7 Å². The van der Waals surface area contributed by atoms with Gasteiger partial charge in [-0.25, -0.2) is 13.4 Å². The van der Waals surface area contributed by atoms with Crippen LogP contribution in [0.2, 0.25) is 0 Å². The van der Waals surface area contributed by atoms with Crippen molar-refractivity contribution in [2.75, 3.05) is 34.2 Å². The number of nitrogens with zero attached hydrogens (tertiary/aromatic N) is 4. The fourth-order valence-corrected chi connectivity index (χ4v) is 2.35. The van der Waals surface area contributed by atoms with Gasteiger partial charge in [0.25, 0.3) is 0 Å². The van der Waals surface area contributed by atoms with Crippen LogP contribution in [-0.4, -0.2) is 56.8 Å². The Balaban J connectivity index is 2.88. The second kappa shape index (κ2) is 5.91. The van der Waals surface area contributed by atoms with E-state index in [-0.39, 0.29) is 10.6 Å². The minimum Gasteiger partial charge on any atom is -0.308 e. The molecule has 1 aromatic rings. The maximum Gasteiger partial charge on any atom is 0.244 e. The van der Waals surface area contributed by atoms with Crippen molar-refractivity contribution in [3.05, 3.63) is 24.0 Å².